The standard InChI is InChI=1S/C17H26NO5/c1-6-22-14(19)13(15(20)23-7-2)9-8-10-17(5)12-11-16(3,4)18(17)21/h13H,6-7,9,11-12H2,1-5H3. The van der Waals surface area contributed by atoms with Gasteiger partial charge in [0.25, 0.3) is 0 Å². The van der Waals surface area contributed by atoms with Crippen molar-refractivity contribution >= 4 is 11.9 Å². The zero-order valence-corrected chi connectivity index (χ0v) is 14.6. The predicted molar refractivity (Wildman–Crippen MR) is 83.4 cm³/mol. The monoisotopic (exact) mass is 324 g/mol. The molecule has 1 rings (SSSR count). The van der Waals surface area contributed by atoms with Crippen molar-refractivity contribution in [2.75, 3.05) is 13.2 Å². The second-order valence-electron chi connectivity index (χ2n) is 6.44. The summed E-state index contributed by atoms with van der Waals surface area (Å²) in [6.45, 7) is 9.25. The molecule has 0 aliphatic carbocycles. The lowest BCUT2D eigenvalue weighted by Crippen LogP contribution is -2.45. The highest BCUT2D eigenvalue weighted by molar-refractivity contribution is 5.95. The molecule has 1 fully saturated rings. The van der Waals surface area contributed by atoms with E-state index in [4.69, 9.17) is 9.47 Å². The van der Waals surface area contributed by atoms with Gasteiger partial charge in [-0.25, -0.2) is 0 Å². The van der Waals surface area contributed by atoms with Crippen molar-refractivity contribution in [2.24, 2.45) is 5.92 Å². The molecule has 0 spiro atoms. The Morgan fingerprint density at radius 2 is 1.61 bits per heavy atom. The molecule has 1 radical (unpaired) electrons. The maximum atomic E-state index is 12.3. The fourth-order valence-corrected chi connectivity index (χ4v) is 2.63. The lowest BCUT2D eigenvalue weighted by Gasteiger charge is -2.30. The van der Waals surface area contributed by atoms with Crippen molar-refractivity contribution in [2.45, 2.75) is 65.0 Å². The molecule has 0 saturated carbocycles. The molecule has 0 bridgehead atoms. The molecule has 0 N–H and O–H groups in total. The van der Waals surface area contributed by atoms with E-state index in [9.17, 15) is 14.8 Å². The van der Waals surface area contributed by atoms with Crippen LogP contribution in [0.5, 0.6) is 0 Å². The second-order valence-corrected chi connectivity index (χ2v) is 6.44. The average molecular weight is 324 g/mol. The first kappa shape index (κ1) is 19.5. The zero-order chi connectivity index (χ0) is 17.7. The normalized spacial score (nSPS) is 23.3. The van der Waals surface area contributed by atoms with Crippen LogP contribution in [0.2, 0.25) is 0 Å². The molecule has 0 amide bonds. The zero-order valence-electron chi connectivity index (χ0n) is 14.6. The van der Waals surface area contributed by atoms with Gasteiger partial charge in [-0.05, 0) is 47.5 Å². The van der Waals surface area contributed by atoms with E-state index in [2.05, 4.69) is 11.8 Å². The van der Waals surface area contributed by atoms with E-state index < -0.39 is 28.9 Å². The Morgan fingerprint density at radius 3 is 2.00 bits per heavy atom. The predicted octanol–water partition coefficient (Wildman–Crippen LogP) is 2.10. The summed E-state index contributed by atoms with van der Waals surface area (Å²) in [5.74, 6) is 3.40. The Hall–Kier alpha value is -1.58. The van der Waals surface area contributed by atoms with Gasteiger partial charge in [-0.1, -0.05) is 11.8 Å². The maximum Gasteiger partial charge on any atom is 0.321 e. The van der Waals surface area contributed by atoms with E-state index >= 15 is 0 Å². The summed E-state index contributed by atoms with van der Waals surface area (Å²) in [6.07, 6.45) is 1.39. The largest absolute Gasteiger partial charge is 0.465 e. The van der Waals surface area contributed by atoms with Crippen molar-refractivity contribution in [3.8, 4) is 11.8 Å². The van der Waals surface area contributed by atoms with Gasteiger partial charge >= 0.3 is 11.9 Å². The Labute approximate surface area is 138 Å². The van der Waals surface area contributed by atoms with Gasteiger partial charge in [-0.3, -0.25) is 9.59 Å². The Balaban J connectivity index is 2.83. The smallest absolute Gasteiger partial charge is 0.321 e. The molecule has 23 heavy (non-hydrogen) atoms. The highest BCUT2D eigenvalue weighted by Gasteiger charge is 2.47. The fraction of sp³-hybridized carbons (Fsp3) is 0.765. The molecule has 1 saturated heterocycles. The number of hydroxylamine groups is 2. The first-order chi connectivity index (χ1) is 10.7. The molecule has 6 nitrogen and oxygen atoms in total. The maximum absolute atomic E-state index is 12.3. The fourth-order valence-electron chi connectivity index (χ4n) is 2.63. The minimum absolute atomic E-state index is 0.0124. The third-order valence-corrected chi connectivity index (χ3v) is 4.03. The van der Waals surface area contributed by atoms with Crippen LogP contribution in [-0.4, -0.2) is 41.3 Å². The van der Waals surface area contributed by atoms with Crippen LogP contribution in [0.3, 0.4) is 0 Å². The number of carbonyl (C=O) groups is 2. The summed E-state index contributed by atoms with van der Waals surface area (Å²) in [5, 5.41) is 13.3. The van der Waals surface area contributed by atoms with Crippen LogP contribution in [-0.2, 0) is 24.3 Å². The third kappa shape index (κ3) is 4.69. The second kappa shape index (κ2) is 7.80. The van der Waals surface area contributed by atoms with Gasteiger partial charge in [0, 0.05) is 12.0 Å². The molecule has 0 aromatic heterocycles. The Bertz CT molecular complexity index is 487. The first-order valence-electron chi connectivity index (χ1n) is 7.98. The molecular formula is C17H26NO5. The summed E-state index contributed by atoms with van der Waals surface area (Å²) < 4.78 is 9.79. The highest BCUT2D eigenvalue weighted by Crippen LogP contribution is 2.38. The first-order valence-corrected chi connectivity index (χ1v) is 7.98. The lowest BCUT2D eigenvalue weighted by atomic mass is 9.98. The topological polar surface area (TPSA) is 75.7 Å². The molecule has 6 heteroatoms. The van der Waals surface area contributed by atoms with Crippen LogP contribution in [0.4, 0.5) is 0 Å². The van der Waals surface area contributed by atoms with Crippen molar-refractivity contribution in [3.63, 3.8) is 0 Å². The van der Waals surface area contributed by atoms with Crippen molar-refractivity contribution in [3.05, 3.63) is 0 Å². The van der Waals surface area contributed by atoms with Crippen molar-refractivity contribution < 1.29 is 24.3 Å². The van der Waals surface area contributed by atoms with Crippen LogP contribution < -0.4 is 0 Å². The van der Waals surface area contributed by atoms with E-state index in [0.29, 0.717) is 6.42 Å². The molecule has 1 heterocycles. The van der Waals surface area contributed by atoms with Crippen LogP contribution in [0.1, 0.15) is 53.9 Å². The minimum Gasteiger partial charge on any atom is -0.465 e. The van der Waals surface area contributed by atoms with E-state index in [1.807, 2.05) is 13.8 Å². The molecule has 1 aliphatic heterocycles. The quantitative estimate of drug-likeness (QED) is 0.440. The Kier molecular flexibility index (Phi) is 6.60. The number of hydrogen-bond donors (Lipinski definition) is 0. The summed E-state index contributed by atoms with van der Waals surface area (Å²) >= 11 is 0. The highest BCUT2D eigenvalue weighted by atomic mass is 16.6. The van der Waals surface area contributed by atoms with Gasteiger partial charge in [0.15, 0.2) is 5.92 Å². The van der Waals surface area contributed by atoms with Gasteiger partial charge < -0.3 is 9.47 Å². The number of esters is 2. The van der Waals surface area contributed by atoms with Crippen LogP contribution in [0.25, 0.3) is 0 Å². The lowest BCUT2D eigenvalue weighted by molar-refractivity contribution is -0.234. The van der Waals surface area contributed by atoms with Crippen molar-refractivity contribution in [1.82, 2.24) is 5.06 Å². The number of ether oxygens (including phenoxy) is 2. The molecule has 0 aromatic rings. The van der Waals surface area contributed by atoms with Gasteiger partial charge in [0.05, 0.1) is 13.2 Å². The summed E-state index contributed by atoms with van der Waals surface area (Å²) in [6, 6.07) is 0. The molecular weight excluding hydrogens is 298 g/mol. The van der Waals surface area contributed by atoms with Crippen molar-refractivity contribution in [1.29, 1.82) is 0 Å². The van der Waals surface area contributed by atoms with Crippen LogP contribution in [0.15, 0.2) is 0 Å². The summed E-state index contributed by atoms with van der Waals surface area (Å²) in [7, 11) is 0. The molecule has 1 unspecified atom stereocenters. The van der Waals surface area contributed by atoms with Gasteiger partial charge in [-0.2, -0.15) is 0 Å². The van der Waals surface area contributed by atoms with Gasteiger partial charge in [-0.15, -0.1) is 10.3 Å². The minimum atomic E-state index is -1.07. The van der Waals surface area contributed by atoms with E-state index in [0.717, 1.165) is 11.5 Å². The molecule has 0 aromatic carbocycles. The number of rotatable bonds is 5. The van der Waals surface area contributed by atoms with Crippen LogP contribution in [0, 0.1) is 17.8 Å². The SMILES string of the molecule is CCOC(=O)C(CC#CC1(C)CCC(C)(C)N1[O])C(=O)OCC. The average Bonchev–Trinajstić information content (AvgIpc) is 2.68. The number of carbonyl (C=O) groups excluding carboxylic acids is 2. The number of nitrogens with zero attached hydrogens (tertiary/aromatic N) is 1. The number of hydrogen-bond acceptors (Lipinski definition) is 5. The molecule has 129 valence electrons. The van der Waals surface area contributed by atoms with E-state index in [-0.39, 0.29) is 19.6 Å². The summed E-state index contributed by atoms with van der Waals surface area (Å²) in [4.78, 5) is 23.7. The van der Waals surface area contributed by atoms with Gasteiger partial charge in [0.2, 0.25) is 0 Å². The Morgan fingerprint density at radius 1 is 1.09 bits per heavy atom. The summed E-state index contributed by atoms with van der Waals surface area (Å²) in [5.41, 5.74) is -1.25. The van der Waals surface area contributed by atoms with Gasteiger partial charge in [0.1, 0.15) is 5.54 Å². The van der Waals surface area contributed by atoms with E-state index in [1.165, 1.54) is 0 Å². The molecule has 1 atom stereocenters. The van der Waals surface area contributed by atoms with E-state index in [1.54, 1.807) is 20.8 Å². The third-order valence-electron chi connectivity index (χ3n) is 4.03. The molecule has 1 aliphatic rings. The van der Waals surface area contributed by atoms with Crippen LogP contribution >= 0.6 is 0 Å².